The zero-order chi connectivity index (χ0) is 12.3. The average Bonchev–Trinajstić information content (AvgIpc) is 2.28. The molecule has 2 rings (SSSR count). The maximum absolute atomic E-state index is 11.6. The first-order valence-corrected chi connectivity index (χ1v) is 4.98. The van der Waals surface area contributed by atoms with E-state index in [-0.39, 0.29) is 11.0 Å². The van der Waals surface area contributed by atoms with Crippen LogP contribution in [0.3, 0.4) is 0 Å². The molecule has 2 aromatic heterocycles. The van der Waals surface area contributed by atoms with Crippen molar-refractivity contribution in [2.45, 2.75) is 20.8 Å². The molecule has 84 valence electrons. The molecule has 5 heteroatoms. The Balaban J connectivity index is 0.000000606. The van der Waals surface area contributed by atoms with Gasteiger partial charge in [0.25, 0.3) is 11.1 Å². The quantitative estimate of drug-likeness (QED) is 0.621. The molecule has 0 unspecified atom stereocenters. The van der Waals surface area contributed by atoms with Gasteiger partial charge in [0.05, 0.1) is 10.9 Å². The van der Waals surface area contributed by atoms with E-state index in [1.54, 1.807) is 6.92 Å². The lowest BCUT2D eigenvalue weighted by atomic mass is 10.4. The van der Waals surface area contributed by atoms with E-state index in [1.807, 2.05) is 13.8 Å². The van der Waals surface area contributed by atoms with Gasteiger partial charge in [-0.1, -0.05) is 20.4 Å². The summed E-state index contributed by atoms with van der Waals surface area (Å²) in [6, 6.07) is 1.21. The highest BCUT2D eigenvalue weighted by Gasteiger charge is 2.04. The van der Waals surface area contributed by atoms with E-state index in [9.17, 15) is 9.59 Å². The van der Waals surface area contributed by atoms with E-state index < -0.39 is 11.1 Å². The van der Waals surface area contributed by atoms with Gasteiger partial charge in [0, 0.05) is 12.3 Å². The molecule has 0 amide bonds. The number of hydrogen-bond acceptors (Lipinski definition) is 4. The smallest absolute Gasteiger partial charge is 0.269 e. The number of aromatic nitrogens is 3. The second-order valence-electron chi connectivity index (χ2n) is 2.90. The minimum atomic E-state index is -0.453. The molecular formula is C11H13N3O2. The monoisotopic (exact) mass is 219 g/mol. The third kappa shape index (κ3) is 1.84. The molecule has 0 atom stereocenters. The third-order valence-electron chi connectivity index (χ3n) is 1.99. The fourth-order valence-electron chi connectivity index (χ4n) is 1.18. The molecule has 0 bridgehead atoms. The van der Waals surface area contributed by atoms with Crippen LogP contribution >= 0.6 is 0 Å². The normalized spacial score (nSPS) is 9.69. The van der Waals surface area contributed by atoms with Crippen LogP contribution in [-0.4, -0.2) is 14.4 Å². The molecule has 0 aliphatic carbocycles. The Labute approximate surface area is 92.1 Å². The Morgan fingerprint density at radius 2 is 1.94 bits per heavy atom. The van der Waals surface area contributed by atoms with Crippen molar-refractivity contribution in [3.05, 3.63) is 43.9 Å². The predicted molar refractivity (Wildman–Crippen MR) is 62.4 cm³/mol. The van der Waals surface area contributed by atoms with Crippen LogP contribution in [0, 0.1) is 6.92 Å². The third-order valence-corrected chi connectivity index (χ3v) is 1.99. The van der Waals surface area contributed by atoms with E-state index >= 15 is 0 Å². The molecule has 0 N–H and O–H groups in total. The second kappa shape index (κ2) is 4.65. The Bertz CT molecular complexity index is 661. The lowest BCUT2D eigenvalue weighted by Crippen LogP contribution is -2.39. The molecule has 0 aliphatic rings. The highest BCUT2D eigenvalue weighted by atomic mass is 16.2. The topological polar surface area (TPSA) is 64.3 Å². The second-order valence-corrected chi connectivity index (χ2v) is 2.90. The van der Waals surface area contributed by atoms with E-state index in [0.29, 0.717) is 5.69 Å². The highest BCUT2D eigenvalue weighted by Crippen LogP contribution is 1.84. The van der Waals surface area contributed by atoms with Gasteiger partial charge in [-0.3, -0.25) is 9.59 Å². The molecule has 0 aliphatic heterocycles. The zero-order valence-electron chi connectivity index (χ0n) is 9.52. The highest BCUT2D eigenvalue weighted by molar-refractivity contribution is 5.29. The minimum Gasteiger partial charge on any atom is -0.269 e. The Morgan fingerprint density at radius 1 is 1.31 bits per heavy atom. The van der Waals surface area contributed by atoms with Crippen molar-refractivity contribution in [1.82, 2.24) is 14.4 Å². The van der Waals surface area contributed by atoms with Crippen LogP contribution in [0.2, 0.25) is 0 Å². The van der Waals surface area contributed by atoms with Gasteiger partial charge in [0.1, 0.15) is 0 Å². The molecule has 5 nitrogen and oxygen atoms in total. The van der Waals surface area contributed by atoms with Gasteiger partial charge in [0.15, 0.2) is 0 Å². The first kappa shape index (κ1) is 12.0. The van der Waals surface area contributed by atoms with Crippen molar-refractivity contribution in [3.8, 4) is 0 Å². The van der Waals surface area contributed by atoms with Crippen LogP contribution in [0.5, 0.6) is 0 Å². The Hall–Kier alpha value is -2.04. The summed E-state index contributed by atoms with van der Waals surface area (Å²) in [4.78, 5) is 30.7. The van der Waals surface area contributed by atoms with Gasteiger partial charge >= 0.3 is 0 Å². The van der Waals surface area contributed by atoms with Crippen LogP contribution < -0.4 is 16.3 Å². The van der Waals surface area contributed by atoms with Crippen molar-refractivity contribution in [1.29, 1.82) is 0 Å². The maximum atomic E-state index is 11.6. The fraction of sp³-hybridized carbons (Fsp3) is 0.273. The van der Waals surface area contributed by atoms with Crippen molar-refractivity contribution >= 4 is 12.4 Å². The van der Waals surface area contributed by atoms with Crippen molar-refractivity contribution in [2.24, 2.45) is 0 Å². The van der Waals surface area contributed by atoms with Gasteiger partial charge in [0.2, 0.25) is 5.78 Å². The zero-order valence-corrected chi connectivity index (χ0v) is 9.52. The minimum absolute atomic E-state index is 0.118. The molecule has 0 saturated carbocycles. The SMILES string of the molecule is C=c1c(C)nc2nccc(=O)n2c1=O.CC. The summed E-state index contributed by atoms with van der Waals surface area (Å²) in [6.45, 7) is 9.20. The standard InChI is InChI=1S/C9H7N3O2.C2H6/c1-5-6(2)11-9-10-4-3-7(13)12(9)8(5)14;1-2/h3-4H,1H2,2H3;1-2H3. The number of fused-ring (bicyclic) bond motifs is 1. The summed E-state index contributed by atoms with van der Waals surface area (Å²) in [5, 5.41) is 0.229. The molecule has 0 aromatic carbocycles. The van der Waals surface area contributed by atoms with Gasteiger partial charge < -0.3 is 0 Å². The first-order valence-electron chi connectivity index (χ1n) is 4.98. The van der Waals surface area contributed by atoms with Crippen molar-refractivity contribution in [3.63, 3.8) is 0 Å². The lowest BCUT2D eigenvalue weighted by molar-refractivity contribution is 0.924. The van der Waals surface area contributed by atoms with Crippen LogP contribution in [-0.2, 0) is 0 Å². The molecule has 16 heavy (non-hydrogen) atoms. The molecule has 0 saturated heterocycles. The summed E-state index contributed by atoms with van der Waals surface area (Å²) in [5.41, 5.74) is -0.392. The van der Waals surface area contributed by atoms with Crippen LogP contribution in [0.4, 0.5) is 0 Å². The molecule has 2 heterocycles. The van der Waals surface area contributed by atoms with E-state index in [1.165, 1.54) is 12.3 Å². The predicted octanol–water partition coefficient (Wildman–Crippen LogP) is -0.0865. The number of rotatable bonds is 0. The van der Waals surface area contributed by atoms with E-state index in [2.05, 4.69) is 16.5 Å². The summed E-state index contributed by atoms with van der Waals surface area (Å²) in [7, 11) is 0. The van der Waals surface area contributed by atoms with Crippen molar-refractivity contribution < 1.29 is 0 Å². The lowest BCUT2D eigenvalue weighted by Gasteiger charge is -1.97. The number of nitrogens with zero attached hydrogens (tertiary/aromatic N) is 3. The Morgan fingerprint density at radius 3 is 2.56 bits per heavy atom. The van der Waals surface area contributed by atoms with Gasteiger partial charge in [-0.05, 0) is 6.92 Å². The molecule has 0 spiro atoms. The van der Waals surface area contributed by atoms with E-state index in [0.717, 1.165) is 4.40 Å². The van der Waals surface area contributed by atoms with Gasteiger partial charge in [-0.15, -0.1) is 0 Å². The molecular weight excluding hydrogens is 206 g/mol. The Kier molecular flexibility index (Phi) is 3.50. The fourth-order valence-corrected chi connectivity index (χ4v) is 1.18. The molecule has 0 fully saturated rings. The average molecular weight is 219 g/mol. The largest absolute Gasteiger partial charge is 0.269 e. The van der Waals surface area contributed by atoms with Crippen LogP contribution in [0.15, 0.2) is 21.9 Å². The number of aryl methyl sites for hydroxylation is 1. The summed E-state index contributed by atoms with van der Waals surface area (Å²) in [5.74, 6) is 0.118. The maximum Gasteiger partial charge on any atom is 0.269 e. The van der Waals surface area contributed by atoms with Crippen LogP contribution in [0.25, 0.3) is 12.4 Å². The molecule has 2 aromatic rings. The van der Waals surface area contributed by atoms with Crippen molar-refractivity contribution in [2.75, 3.05) is 0 Å². The molecule has 0 radical (unpaired) electrons. The first-order chi connectivity index (χ1) is 7.61. The summed E-state index contributed by atoms with van der Waals surface area (Å²) < 4.78 is 0.912. The number of hydrogen-bond donors (Lipinski definition) is 0. The van der Waals surface area contributed by atoms with Crippen LogP contribution in [0.1, 0.15) is 19.5 Å². The van der Waals surface area contributed by atoms with Gasteiger partial charge in [-0.25, -0.2) is 14.4 Å². The summed E-state index contributed by atoms with van der Waals surface area (Å²) >= 11 is 0. The van der Waals surface area contributed by atoms with Gasteiger partial charge in [-0.2, -0.15) is 0 Å². The summed E-state index contributed by atoms with van der Waals surface area (Å²) in [6.07, 6.45) is 1.33. The van der Waals surface area contributed by atoms with E-state index in [4.69, 9.17) is 0 Å².